The third-order valence-corrected chi connectivity index (χ3v) is 8.13. The number of nitrogens with zero attached hydrogens (tertiary/aromatic N) is 4. The summed E-state index contributed by atoms with van der Waals surface area (Å²) in [4.78, 5) is 10.2. The predicted octanol–water partition coefficient (Wildman–Crippen LogP) is 1.47. The Morgan fingerprint density at radius 3 is 1.08 bits per heavy atom. The van der Waals surface area contributed by atoms with Crippen molar-refractivity contribution in [3.63, 3.8) is 0 Å². The molecule has 0 aromatic rings. The average Bonchev–Trinajstić information content (AvgIpc) is 2.67. The van der Waals surface area contributed by atoms with Gasteiger partial charge in [-0.15, -0.1) is 0 Å². The smallest absolute Gasteiger partial charge is 0.0831 e. The first-order valence-electron chi connectivity index (χ1n) is 10.1. The van der Waals surface area contributed by atoms with E-state index in [2.05, 4.69) is 19.6 Å². The van der Waals surface area contributed by atoms with Gasteiger partial charge in [0.1, 0.15) is 0 Å². The van der Waals surface area contributed by atoms with E-state index in [1.54, 1.807) is 0 Å². The lowest BCUT2D eigenvalue weighted by atomic mass is 10.3. The summed E-state index contributed by atoms with van der Waals surface area (Å²) in [5, 5.41) is 0. The highest BCUT2D eigenvalue weighted by atomic mass is 31.2. The molecular formula is C18H40N4O2P2. The maximum Gasteiger partial charge on any atom is 0.0831 e. The topological polar surface area (TPSA) is 47.1 Å². The van der Waals surface area contributed by atoms with Crippen molar-refractivity contribution in [2.24, 2.45) is 0 Å². The van der Waals surface area contributed by atoms with E-state index in [0.29, 0.717) is 0 Å². The molecule has 2 aliphatic heterocycles. The number of hydrogen-bond donors (Lipinski definition) is 0. The van der Waals surface area contributed by atoms with Crippen molar-refractivity contribution in [2.75, 3.05) is 118 Å². The second-order valence-corrected chi connectivity index (χ2v) is 16.2. The van der Waals surface area contributed by atoms with Crippen LogP contribution in [0.2, 0.25) is 0 Å². The Kier molecular flexibility index (Phi) is 8.85. The first-order valence-corrected chi connectivity index (χ1v) is 15.7. The summed E-state index contributed by atoms with van der Waals surface area (Å²) in [7, 11) is -3.87. The Bertz CT molecular complexity index is 457. The number of fused-ring (bicyclic) bond motifs is 3. The molecule has 2 heterocycles. The first kappa shape index (κ1) is 22.6. The van der Waals surface area contributed by atoms with Crippen molar-refractivity contribution in [2.45, 2.75) is 0 Å². The van der Waals surface area contributed by atoms with Crippen LogP contribution in [0.25, 0.3) is 0 Å². The van der Waals surface area contributed by atoms with E-state index in [4.69, 9.17) is 0 Å². The third kappa shape index (κ3) is 9.48. The van der Waals surface area contributed by atoms with Crippen molar-refractivity contribution in [1.29, 1.82) is 0 Å². The molecule has 0 saturated carbocycles. The third-order valence-electron chi connectivity index (χ3n) is 5.57. The highest BCUT2D eigenvalue weighted by molar-refractivity contribution is 7.62. The van der Waals surface area contributed by atoms with E-state index in [1.807, 2.05) is 26.7 Å². The molecule has 2 rings (SSSR count). The molecule has 0 spiro atoms. The van der Waals surface area contributed by atoms with E-state index in [0.717, 1.165) is 90.9 Å². The SMILES string of the molecule is CP(C)(=O)CCN1CCN2CCN(CC1)CCN(CCP(C)(C)=O)CC2. The Morgan fingerprint density at radius 2 is 0.808 bits per heavy atom. The normalized spacial score (nSPS) is 27.8. The summed E-state index contributed by atoms with van der Waals surface area (Å²) in [6.07, 6.45) is 1.66. The van der Waals surface area contributed by atoms with Gasteiger partial charge in [0, 0.05) is 90.9 Å². The summed E-state index contributed by atoms with van der Waals surface area (Å²) < 4.78 is 24.1. The quantitative estimate of drug-likeness (QED) is 0.623. The number of rotatable bonds is 6. The maximum absolute atomic E-state index is 12.1. The molecule has 154 valence electrons. The van der Waals surface area contributed by atoms with Crippen molar-refractivity contribution in [3.05, 3.63) is 0 Å². The van der Waals surface area contributed by atoms with Gasteiger partial charge in [0.2, 0.25) is 0 Å². The van der Waals surface area contributed by atoms with Gasteiger partial charge in [-0.25, -0.2) is 0 Å². The molecule has 2 bridgehead atoms. The molecule has 0 aromatic carbocycles. The molecule has 2 saturated heterocycles. The fourth-order valence-electron chi connectivity index (χ4n) is 3.52. The largest absolute Gasteiger partial charge is 0.324 e. The Hall–Kier alpha value is 0.300. The van der Waals surface area contributed by atoms with Crippen molar-refractivity contribution >= 4 is 14.3 Å². The molecular weight excluding hydrogens is 366 g/mol. The van der Waals surface area contributed by atoms with Crippen LogP contribution in [0.3, 0.4) is 0 Å². The van der Waals surface area contributed by atoms with Crippen LogP contribution in [0.1, 0.15) is 0 Å². The van der Waals surface area contributed by atoms with Crippen LogP contribution in [-0.2, 0) is 9.13 Å². The average molecular weight is 406 g/mol. The Labute approximate surface area is 161 Å². The molecule has 0 aromatic heterocycles. The highest BCUT2D eigenvalue weighted by Gasteiger charge is 2.21. The van der Waals surface area contributed by atoms with E-state index >= 15 is 0 Å². The lowest BCUT2D eigenvalue weighted by molar-refractivity contribution is 0.183. The predicted molar refractivity (Wildman–Crippen MR) is 114 cm³/mol. The fraction of sp³-hybridized carbons (Fsp3) is 1.00. The lowest BCUT2D eigenvalue weighted by Gasteiger charge is -2.30. The molecule has 2 aliphatic rings. The monoisotopic (exact) mass is 406 g/mol. The molecule has 0 amide bonds. The number of hydrogen-bond acceptors (Lipinski definition) is 6. The van der Waals surface area contributed by atoms with E-state index < -0.39 is 14.3 Å². The van der Waals surface area contributed by atoms with Gasteiger partial charge in [-0.05, 0) is 26.7 Å². The minimum absolute atomic E-state index is 0.828. The molecule has 26 heavy (non-hydrogen) atoms. The van der Waals surface area contributed by atoms with Crippen LogP contribution in [0, 0.1) is 0 Å². The summed E-state index contributed by atoms with van der Waals surface area (Å²) in [5.74, 6) is 0. The molecule has 0 N–H and O–H groups in total. The molecule has 8 heteroatoms. The fourth-order valence-corrected chi connectivity index (χ4v) is 5.05. The van der Waals surface area contributed by atoms with Crippen LogP contribution in [0.5, 0.6) is 0 Å². The highest BCUT2D eigenvalue weighted by Crippen LogP contribution is 2.35. The van der Waals surface area contributed by atoms with Crippen LogP contribution < -0.4 is 0 Å². The van der Waals surface area contributed by atoms with E-state index in [-0.39, 0.29) is 0 Å². The molecule has 2 fully saturated rings. The van der Waals surface area contributed by atoms with Gasteiger partial charge >= 0.3 is 0 Å². The summed E-state index contributed by atoms with van der Waals surface area (Å²) in [5.41, 5.74) is 0. The van der Waals surface area contributed by atoms with Gasteiger partial charge in [-0.3, -0.25) is 9.80 Å². The van der Waals surface area contributed by atoms with Crippen molar-refractivity contribution in [1.82, 2.24) is 19.6 Å². The first-order chi connectivity index (χ1) is 12.1. The van der Waals surface area contributed by atoms with Crippen LogP contribution in [0.4, 0.5) is 0 Å². The van der Waals surface area contributed by atoms with Crippen LogP contribution in [0.15, 0.2) is 0 Å². The lowest BCUT2D eigenvalue weighted by Crippen LogP contribution is -2.43. The summed E-state index contributed by atoms with van der Waals surface area (Å²) in [6.45, 7) is 20.5. The zero-order valence-electron chi connectivity index (χ0n) is 17.4. The maximum atomic E-state index is 12.1. The zero-order valence-corrected chi connectivity index (χ0v) is 19.2. The Morgan fingerprint density at radius 1 is 0.538 bits per heavy atom. The zero-order chi connectivity index (χ0) is 19.2. The van der Waals surface area contributed by atoms with Crippen LogP contribution >= 0.6 is 14.3 Å². The summed E-state index contributed by atoms with van der Waals surface area (Å²) >= 11 is 0. The van der Waals surface area contributed by atoms with Gasteiger partial charge in [0.05, 0.1) is 14.3 Å². The van der Waals surface area contributed by atoms with Gasteiger partial charge < -0.3 is 18.9 Å². The van der Waals surface area contributed by atoms with Gasteiger partial charge in [0.25, 0.3) is 0 Å². The van der Waals surface area contributed by atoms with E-state index in [9.17, 15) is 9.13 Å². The second kappa shape index (κ2) is 10.2. The van der Waals surface area contributed by atoms with Crippen molar-refractivity contribution in [3.8, 4) is 0 Å². The minimum atomic E-state index is -1.94. The Balaban J connectivity index is 1.92. The molecule has 0 atom stereocenters. The van der Waals surface area contributed by atoms with Crippen LogP contribution in [-0.4, -0.2) is 137 Å². The van der Waals surface area contributed by atoms with Gasteiger partial charge in [0.15, 0.2) is 0 Å². The second-order valence-electron chi connectivity index (χ2n) is 8.96. The standard InChI is InChI=1S/C18H40N4O2P2/c1-25(2,23)17-15-21-11-7-19-5-6-20(8-12-21)10-14-22(13-9-19)16-18-26(3,4)24/h5-18H2,1-4H3. The molecule has 0 radical (unpaired) electrons. The molecule has 0 unspecified atom stereocenters. The van der Waals surface area contributed by atoms with E-state index in [1.165, 1.54) is 0 Å². The summed E-state index contributed by atoms with van der Waals surface area (Å²) in [6, 6.07) is 0. The molecule has 6 nitrogen and oxygen atoms in total. The van der Waals surface area contributed by atoms with Gasteiger partial charge in [-0.2, -0.15) is 0 Å². The van der Waals surface area contributed by atoms with Crippen molar-refractivity contribution < 1.29 is 9.13 Å². The minimum Gasteiger partial charge on any atom is -0.324 e. The van der Waals surface area contributed by atoms with Gasteiger partial charge in [-0.1, -0.05) is 0 Å². The molecule has 0 aliphatic carbocycles.